The van der Waals surface area contributed by atoms with Crippen LogP contribution in [-0.2, 0) is 21.5 Å². The summed E-state index contributed by atoms with van der Waals surface area (Å²) in [5, 5.41) is 10.4. The van der Waals surface area contributed by atoms with Gasteiger partial charge in [0.2, 0.25) is 0 Å². The maximum absolute atomic E-state index is 12.0. The second kappa shape index (κ2) is 7.05. The number of likely N-dealkylation sites (tertiary alicyclic amines) is 1. The zero-order chi connectivity index (χ0) is 19.1. The number of aromatic hydroxyl groups is 1. The fourth-order valence-corrected chi connectivity index (χ4v) is 4.98. The minimum Gasteiger partial charge on any atom is -0.506 e. The number of aryl methyl sites for hydroxylation is 1. The first kappa shape index (κ1) is 18.9. The van der Waals surface area contributed by atoms with Gasteiger partial charge in [0.05, 0.1) is 5.69 Å². The van der Waals surface area contributed by atoms with E-state index in [2.05, 4.69) is 23.9 Å². The molecular weight excluding hydrogens is 356 g/mol. The van der Waals surface area contributed by atoms with Crippen LogP contribution in [0.4, 0.5) is 5.69 Å². The normalized spacial score (nSPS) is 21.4. The number of nitrogens with one attached hydrogen (secondary N) is 1. The highest BCUT2D eigenvalue weighted by atomic mass is 32.2. The van der Waals surface area contributed by atoms with Crippen molar-refractivity contribution in [1.29, 1.82) is 0 Å². The van der Waals surface area contributed by atoms with Crippen LogP contribution in [0.15, 0.2) is 12.1 Å². The zero-order valence-electron chi connectivity index (χ0n) is 15.4. The standard InChI is InChI=1S/C17H26N4O4S/c1-12-8-13(10-20-6-4-14(5-7-20)19(2)3)9-15(22)17(12)21-11-16(23)18-26(21,24)25/h8-9,14,22H,4-7,10-11H2,1-3H3,(H,18,23). The summed E-state index contributed by atoms with van der Waals surface area (Å²) in [5.74, 6) is -0.722. The van der Waals surface area contributed by atoms with E-state index in [1.165, 1.54) is 0 Å². The molecule has 0 radical (unpaired) electrons. The average Bonchev–Trinajstić information content (AvgIpc) is 2.79. The lowest BCUT2D eigenvalue weighted by Crippen LogP contribution is -2.41. The summed E-state index contributed by atoms with van der Waals surface area (Å²) in [6.45, 7) is 4.12. The van der Waals surface area contributed by atoms with Crippen molar-refractivity contribution in [2.45, 2.75) is 32.4 Å². The molecule has 144 valence electrons. The molecule has 2 saturated heterocycles. The van der Waals surface area contributed by atoms with Crippen LogP contribution in [0.3, 0.4) is 0 Å². The molecule has 9 heteroatoms. The Balaban J connectivity index is 1.75. The third-order valence-electron chi connectivity index (χ3n) is 5.10. The molecule has 0 aromatic heterocycles. The van der Waals surface area contributed by atoms with Crippen LogP contribution in [0.25, 0.3) is 0 Å². The maximum atomic E-state index is 12.0. The minimum absolute atomic E-state index is 0.122. The van der Waals surface area contributed by atoms with E-state index in [0.717, 1.165) is 35.8 Å². The molecule has 2 heterocycles. The van der Waals surface area contributed by atoms with Crippen molar-refractivity contribution in [2.24, 2.45) is 0 Å². The number of rotatable bonds is 4. The molecule has 2 N–H and O–H groups in total. The molecule has 1 aromatic carbocycles. The molecule has 0 unspecified atom stereocenters. The fourth-order valence-electron chi connectivity index (χ4n) is 3.75. The highest BCUT2D eigenvalue weighted by Gasteiger charge is 2.36. The molecule has 0 saturated carbocycles. The number of anilines is 1. The van der Waals surface area contributed by atoms with Crippen molar-refractivity contribution in [1.82, 2.24) is 14.5 Å². The van der Waals surface area contributed by atoms with E-state index in [0.29, 0.717) is 18.2 Å². The predicted octanol–water partition coefficient (Wildman–Crippen LogP) is 0.408. The first-order valence-electron chi connectivity index (χ1n) is 8.72. The van der Waals surface area contributed by atoms with E-state index in [-0.39, 0.29) is 18.0 Å². The van der Waals surface area contributed by atoms with Crippen LogP contribution < -0.4 is 9.03 Å². The first-order valence-corrected chi connectivity index (χ1v) is 10.2. The van der Waals surface area contributed by atoms with Gasteiger partial charge in [0.25, 0.3) is 5.91 Å². The monoisotopic (exact) mass is 382 g/mol. The molecule has 1 amide bonds. The lowest BCUT2D eigenvalue weighted by molar-refractivity contribution is -0.117. The van der Waals surface area contributed by atoms with Gasteiger partial charge in [-0.15, -0.1) is 0 Å². The minimum atomic E-state index is -3.93. The van der Waals surface area contributed by atoms with E-state index in [4.69, 9.17) is 0 Å². The van der Waals surface area contributed by atoms with Crippen LogP contribution in [0.5, 0.6) is 5.75 Å². The third kappa shape index (κ3) is 3.79. The van der Waals surface area contributed by atoms with Crippen LogP contribution in [0, 0.1) is 6.92 Å². The summed E-state index contributed by atoms with van der Waals surface area (Å²) in [4.78, 5) is 16.0. The smallest absolute Gasteiger partial charge is 0.326 e. The number of nitrogens with zero attached hydrogens (tertiary/aromatic N) is 3. The van der Waals surface area contributed by atoms with Gasteiger partial charge in [0.1, 0.15) is 12.3 Å². The van der Waals surface area contributed by atoms with Crippen molar-refractivity contribution in [2.75, 3.05) is 38.0 Å². The number of phenolic OH excluding ortho intramolecular Hbond substituents is 1. The largest absolute Gasteiger partial charge is 0.506 e. The zero-order valence-corrected chi connectivity index (χ0v) is 16.2. The molecule has 0 atom stereocenters. The van der Waals surface area contributed by atoms with Crippen LogP contribution in [0.2, 0.25) is 0 Å². The Bertz CT molecular complexity index is 778. The SMILES string of the molecule is Cc1cc(CN2CCC(N(C)C)CC2)cc(O)c1N1CC(=O)NS1(=O)=O. The van der Waals surface area contributed by atoms with Gasteiger partial charge >= 0.3 is 10.2 Å². The highest BCUT2D eigenvalue weighted by Crippen LogP contribution is 2.35. The number of hydrogen-bond donors (Lipinski definition) is 2. The van der Waals surface area contributed by atoms with Crippen LogP contribution in [-0.4, -0.2) is 69.0 Å². The lowest BCUT2D eigenvalue weighted by atomic mass is 10.0. The first-order chi connectivity index (χ1) is 12.2. The van der Waals surface area contributed by atoms with Crippen LogP contribution >= 0.6 is 0 Å². The number of carbonyl (C=O) groups excluding carboxylic acids is 1. The Morgan fingerprint density at radius 2 is 1.92 bits per heavy atom. The van der Waals surface area contributed by atoms with Gasteiger partial charge in [-0.2, -0.15) is 8.42 Å². The molecule has 2 aliphatic heterocycles. The molecule has 2 aliphatic rings. The second-order valence-electron chi connectivity index (χ2n) is 7.29. The van der Waals surface area contributed by atoms with Gasteiger partial charge in [-0.1, -0.05) is 6.07 Å². The molecule has 1 aromatic rings. The summed E-state index contributed by atoms with van der Waals surface area (Å²) in [5.41, 5.74) is 1.73. The van der Waals surface area contributed by atoms with Crippen molar-refractivity contribution in [3.8, 4) is 5.75 Å². The van der Waals surface area contributed by atoms with E-state index in [1.54, 1.807) is 13.0 Å². The number of amides is 1. The fraction of sp³-hybridized carbons (Fsp3) is 0.588. The van der Waals surface area contributed by atoms with E-state index >= 15 is 0 Å². The summed E-state index contributed by atoms with van der Waals surface area (Å²) < 4.78 is 26.9. The van der Waals surface area contributed by atoms with E-state index in [1.807, 2.05) is 10.8 Å². The third-order valence-corrected chi connectivity index (χ3v) is 6.48. The summed E-state index contributed by atoms with van der Waals surface area (Å²) in [6.07, 6.45) is 2.21. The predicted molar refractivity (Wildman–Crippen MR) is 99.2 cm³/mol. The van der Waals surface area contributed by atoms with Gasteiger partial charge in [0.15, 0.2) is 0 Å². The highest BCUT2D eigenvalue weighted by molar-refractivity contribution is 7.92. The molecule has 8 nitrogen and oxygen atoms in total. The molecule has 26 heavy (non-hydrogen) atoms. The van der Waals surface area contributed by atoms with Crippen molar-refractivity contribution >= 4 is 21.8 Å². The number of carbonyl (C=O) groups is 1. The maximum Gasteiger partial charge on any atom is 0.326 e. The number of piperidine rings is 1. The van der Waals surface area contributed by atoms with Crippen molar-refractivity contribution < 1.29 is 18.3 Å². The number of phenols is 1. The van der Waals surface area contributed by atoms with E-state index < -0.39 is 16.1 Å². The van der Waals surface area contributed by atoms with Gasteiger partial charge < -0.3 is 10.0 Å². The topological polar surface area (TPSA) is 93.2 Å². The second-order valence-corrected chi connectivity index (χ2v) is 8.88. The molecule has 0 aliphatic carbocycles. The summed E-state index contributed by atoms with van der Waals surface area (Å²) in [6, 6.07) is 4.08. The Labute approximate surface area is 154 Å². The van der Waals surface area contributed by atoms with Gasteiger partial charge in [0, 0.05) is 12.6 Å². The quantitative estimate of drug-likeness (QED) is 0.783. The molecule has 3 rings (SSSR count). The number of benzene rings is 1. The average molecular weight is 382 g/mol. The Morgan fingerprint density at radius 3 is 2.42 bits per heavy atom. The van der Waals surface area contributed by atoms with E-state index in [9.17, 15) is 18.3 Å². The molecule has 2 fully saturated rings. The lowest BCUT2D eigenvalue weighted by Gasteiger charge is -2.35. The van der Waals surface area contributed by atoms with Gasteiger partial charge in [-0.05, 0) is 64.1 Å². The van der Waals surface area contributed by atoms with Gasteiger partial charge in [-0.3, -0.25) is 9.69 Å². The van der Waals surface area contributed by atoms with Crippen molar-refractivity contribution in [3.05, 3.63) is 23.3 Å². The Kier molecular flexibility index (Phi) is 5.14. The Morgan fingerprint density at radius 1 is 1.27 bits per heavy atom. The summed E-state index contributed by atoms with van der Waals surface area (Å²) >= 11 is 0. The molecular formula is C17H26N4O4S. The van der Waals surface area contributed by atoms with Crippen LogP contribution in [0.1, 0.15) is 24.0 Å². The molecule has 0 bridgehead atoms. The Hall–Kier alpha value is -1.84. The van der Waals surface area contributed by atoms with Gasteiger partial charge in [-0.25, -0.2) is 9.03 Å². The van der Waals surface area contributed by atoms with Crippen molar-refractivity contribution in [3.63, 3.8) is 0 Å². The number of hydrogen-bond acceptors (Lipinski definition) is 6. The summed E-state index contributed by atoms with van der Waals surface area (Å²) in [7, 11) is 0.277. The molecule has 0 spiro atoms.